The maximum atomic E-state index is 4.93. The largest absolute Gasteiger partial charge is 0.360 e. The average Bonchev–Trinajstić information content (AvgIpc) is 2.77. The summed E-state index contributed by atoms with van der Waals surface area (Å²) in [4.78, 5) is 4.23. The number of imidazole rings is 1. The summed E-state index contributed by atoms with van der Waals surface area (Å²) in [5.74, 6) is 1.06. The number of anilines is 1. The first-order valence-corrected chi connectivity index (χ1v) is 5.74. The molecule has 0 unspecified atom stereocenters. The number of hydrogen-bond acceptors (Lipinski definition) is 5. The molecule has 0 radical (unpaired) electrons. The minimum atomic E-state index is 0.689. The lowest BCUT2D eigenvalue weighted by molar-refractivity contribution is 0.788. The van der Waals surface area contributed by atoms with E-state index in [-0.39, 0.29) is 0 Å². The summed E-state index contributed by atoms with van der Waals surface area (Å²) >= 11 is 6.37. The molecule has 0 aromatic carbocycles. The minimum Gasteiger partial charge on any atom is -0.360 e. The second kappa shape index (κ2) is 4.54. The third kappa shape index (κ3) is 2.63. The van der Waals surface area contributed by atoms with E-state index in [1.165, 1.54) is 11.3 Å². The van der Waals surface area contributed by atoms with Gasteiger partial charge in [0, 0.05) is 32.4 Å². The number of aromatic amines is 1. The van der Waals surface area contributed by atoms with Crippen molar-refractivity contribution in [3.63, 3.8) is 0 Å². The van der Waals surface area contributed by atoms with Gasteiger partial charge >= 0.3 is 0 Å². The molecular formula is C8H11N5S2. The monoisotopic (exact) mass is 241 g/mol. The maximum absolute atomic E-state index is 4.93. The predicted molar refractivity (Wildman–Crippen MR) is 62.7 cm³/mol. The van der Waals surface area contributed by atoms with Crippen LogP contribution in [0.4, 0.5) is 5.13 Å². The van der Waals surface area contributed by atoms with Gasteiger partial charge in [-0.2, -0.15) is 0 Å². The molecule has 0 aliphatic carbocycles. The van der Waals surface area contributed by atoms with Gasteiger partial charge in [-0.3, -0.25) is 5.10 Å². The molecule has 0 aliphatic heterocycles. The Morgan fingerprint density at radius 1 is 1.67 bits per heavy atom. The molecule has 2 heterocycles. The van der Waals surface area contributed by atoms with Crippen LogP contribution in [-0.4, -0.2) is 26.3 Å². The van der Waals surface area contributed by atoms with Crippen molar-refractivity contribution in [2.24, 2.45) is 7.05 Å². The molecule has 2 rings (SSSR count). The number of nitrogens with zero attached hydrogens (tertiary/aromatic N) is 3. The summed E-state index contributed by atoms with van der Waals surface area (Å²) in [5.41, 5.74) is 0. The van der Waals surface area contributed by atoms with Crippen LogP contribution in [-0.2, 0) is 13.5 Å². The Balaban J connectivity index is 1.85. The Morgan fingerprint density at radius 3 is 3.13 bits per heavy atom. The average molecular weight is 241 g/mol. The van der Waals surface area contributed by atoms with Crippen molar-refractivity contribution in [2.75, 3.05) is 11.9 Å². The van der Waals surface area contributed by atoms with Crippen LogP contribution < -0.4 is 5.32 Å². The lowest BCUT2D eigenvalue weighted by atomic mass is 10.4. The molecular weight excluding hydrogens is 230 g/mol. The molecule has 0 fully saturated rings. The molecule has 0 spiro atoms. The van der Waals surface area contributed by atoms with E-state index in [0.717, 1.165) is 23.9 Å². The smallest absolute Gasteiger partial charge is 0.204 e. The van der Waals surface area contributed by atoms with Gasteiger partial charge in [0.1, 0.15) is 5.82 Å². The number of aryl methyl sites for hydroxylation is 1. The van der Waals surface area contributed by atoms with E-state index in [0.29, 0.717) is 3.95 Å². The Hall–Kier alpha value is -1.21. The third-order valence-electron chi connectivity index (χ3n) is 1.98. The van der Waals surface area contributed by atoms with Crippen LogP contribution in [0.25, 0.3) is 0 Å². The number of aromatic nitrogens is 4. The van der Waals surface area contributed by atoms with E-state index >= 15 is 0 Å². The zero-order valence-electron chi connectivity index (χ0n) is 8.23. The fourth-order valence-corrected chi connectivity index (χ4v) is 2.04. The molecule has 15 heavy (non-hydrogen) atoms. The van der Waals surface area contributed by atoms with Gasteiger partial charge in [0.15, 0.2) is 3.95 Å². The highest BCUT2D eigenvalue weighted by molar-refractivity contribution is 7.73. The highest BCUT2D eigenvalue weighted by Gasteiger charge is 2.00. The number of H-pyrrole nitrogens is 1. The molecule has 5 nitrogen and oxygen atoms in total. The summed E-state index contributed by atoms with van der Waals surface area (Å²) in [5, 5.41) is 10.7. The standard InChI is InChI=1S/C8H11N5S2/c1-13-5-4-9-6(13)2-3-10-7-11-12-8(14)15-7/h4-5H,2-3H2,1H3,(H,10,11)(H,12,14). The molecule has 2 N–H and O–H groups in total. The fraction of sp³-hybridized carbons (Fsp3) is 0.375. The number of nitrogens with one attached hydrogen (secondary N) is 2. The van der Waals surface area contributed by atoms with Crippen molar-refractivity contribution < 1.29 is 0 Å². The quantitative estimate of drug-likeness (QED) is 0.798. The highest BCUT2D eigenvalue weighted by Crippen LogP contribution is 2.10. The summed E-state index contributed by atoms with van der Waals surface area (Å²) < 4.78 is 2.70. The van der Waals surface area contributed by atoms with Crippen LogP contribution in [0.2, 0.25) is 0 Å². The van der Waals surface area contributed by atoms with E-state index in [4.69, 9.17) is 12.2 Å². The molecule has 0 aliphatic rings. The Kier molecular flexibility index (Phi) is 3.12. The zero-order valence-corrected chi connectivity index (χ0v) is 9.86. The van der Waals surface area contributed by atoms with E-state index in [1.54, 1.807) is 6.20 Å². The molecule has 0 bridgehead atoms. The Bertz CT molecular complexity index is 483. The van der Waals surface area contributed by atoms with Crippen molar-refractivity contribution in [3.05, 3.63) is 22.2 Å². The first kappa shape index (κ1) is 10.3. The molecule has 0 saturated heterocycles. The lowest BCUT2D eigenvalue weighted by Crippen LogP contribution is -2.08. The lowest BCUT2D eigenvalue weighted by Gasteiger charge is -2.02. The molecule has 2 aromatic heterocycles. The fourth-order valence-electron chi connectivity index (χ4n) is 1.22. The number of hydrogen-bond donors (Lipinski definition) is 2. The van der Waals surface area contributed by atoms with E-state index in [2.05, 4.69) is 20.5 Å². The minimum absolute atomic E-state index is 0.689. The Labute approximate surface area is 96.2 Å². The van der Waals surface area contributed by atoms with Gasteiger partial charge in [-0.25, -0.2) is 4.98 Å². The second-order valence-corrected chi connectivity index (χ2v) is 4.72. The summed E-state index contributed by atoms with van der Waals surface area (Å²) in [6.07, 6.45) is 4.61. The normalized spacial score (nSPS) is 10.5. The van der Waals surface area contributed by atoms with Crippen LogP contribution in [0.3, 0.4) is 0 Å². The van der Waals surface area contributed by atoms with Gasteiger partial charge in [-0.15, -0.1) is 5.10 Å². The highest BCUT2D eigenvalue weighted by atomic mass is 32.1. The molecule has 7 heteroatoms. The third-order valence-corrected chi connectivity index (χ3v) is 3.03. The summed E-state index contributed by atoms with van der Waals surface area (Å²) in [6, 6.07) is 0. The van der Waals surface area contributed by atoms with E-state index in [1.807, 2.05) is 17.8 Å². The van der Waals surface area contributed by atoms with E-state index in [9.17, 15) is 0 Å². The van der Waals surface area contributed by atoms with Crippen LogP contribution in [0.15, 0.2) is 12.4 Å². The first-order chi connectivity index (χ1) is 7.25. The molecule has 0 atom stereocenters. The van der Waals surface area contributed by atoms with Crippen LogP contribution >= 0.6 is 23.6 Å². The number of rotatable bonds is 4. The van der Waals surface area contributed by atoms with Crippen molar-refractivity contribution in [3.8, 4) is 0 Å². The van der Waals surface area contributed by atoms with Gasteiger partial charge in [0.05, 0.1) is 0 Å². The summed E-state index contributed by atoms with van der Waals surface area (Å²) in [7, 11) is 1.99. The molecule has 0 saturated carbocycles. The maximum Gasteiger partial charge on any atom is 0.204 e. The van der Waals surface area contributed by atoms with Crippen LogP contribution in [0, 0.1) is 3.95 Å². The van der Waals surface area contributed by atoms with Crippen LogP contribution in [0.5, 0.6) is 0 Å². The van der Waals surface area contributed by atoms with Gasteiger partial charge in [-0.1, -0.05) is 11.3 Å². The molecule has 0 amide bonds. The van der Waals surface area contributed by atoms with Gasteiger partial charge in [-0.05, 0) is 12.2 Å². The summed E-state index contributed by atoms with van der Waals surface area (Å²) in [6.45, 7) is 0.807. The van der Waals surface area contributed by atoms with E-state index < -0.39 is 0 Å². The molecule has 2 aromatic rings. The Morgan fingerprint density at radius 2 is 2.53 bits per heavy atom. The van der Waals surface area contributed by atoms with Gasteiger partial charge in [0.25, 0.3) is 0 Å². The van der Waals surface area contributed by atoms with Gasteiger partial charge < -0.3 is 9.88 Å². The van der Waals surface area contributed by atoms with Crippen molar-refractivity contribution in [1.82, 2.24) is 19.7 Å². The first-order valence-electron chi connectivity index (χ1n) is 4.51. The van der Waals surface area contributed by atoms with Crippen molar-refractivity contribution in [1.29, 1.82) is 0 Å². The van der Waals surface area contributed by atoms with Gasteiger partial charge in [0.2, 0.25) is 5.13 Å². The second-order valence-electron chi connectivity index (χ2n) is 3.05. The predicted octanol–water partition coefficient (Wildman–Crippen LogP) is 1.59. The van der Waals surface area contributed by atoms with Crippen LogP contribution in [0.1, 0.15) is 5.82 Å². The SMILES string of the molecule is Cn1ccnc1CCNc1n[nH]c(=S)s1. The molecule has 80 valence electrons. The topological polar surface area (TPSA) is 58.5 Å². The van der Waals surface area contributed by atoms with Crippen molar-refractivity contribution >= 4 is 28.7 Å². The zero-order chi connectivity index (χ0) is 10.7. The van der Waals surface area contributed by atoms with Crippen molar-refractivity contribution in [2.45, 2.75) is 6.42 Å².